The molecule has 19 heavy (non-hydrogen) atoms. The Hall–Kier alpha value is -2.10. The van der Waals surface area contributed by atoms with E-state index in [1.54, 1.807) is 4.68 Å². The summed E-state index contributed by atoms with van der Waals surface area (Å²) in [5.74, 6) is -0.858. The highest BCUT2D eigenvalue weighted by atomic mass is 16.4. The van der Waals surface area contributed by atoms with E-state index in [9.17, 15) is 4.79 Å². The summed E-state index contributed by atoms with van der Waals surface area (Å²) < 4.78 is 1.73. The number of aromatic nitrogens is 2. The molecule has 2 aromatic rings. The van der Waals surface area contributed by atoms with Gasteiger partial charge in [-0.2, -0.15) is 5.10 Å². The first-order valence-corrected chi connectivity index (χ1v) is 6.44. The molecule has 0 atom stereocenters. The van der Waals surface area contributed by atoms with Gasteiger partial charge in [0.05, 0.1) is 17.8 Å². The van der Waals surface area contributed by atoms with Crippen molar-refractivity contribution in [3.05, 3.63) is 41.6 Å². The number of hydrogen-bond acceptors (Lipinski definition) is 2. The second-order valence-electron chi connectivity index (χ2n) is 4.66. The van der Waals surface area contributed by atoms with Gasteiger partial charge in [0.1, 0.15) is 0 Å². The number of hydrogen-bond donors (Lipinski definition) is 1. The lowest BCUT2D eigenvalue weighted by Crippen LogP contribution is -2.01. The van der Waals surface area contributed by atoms with Crippen LogP contribution in [0.2, 0.25) is 0 Å². The Morgan fingerprint density at radius 3 is 2.58 bits per heavy atom. The van der Waals surface area contributed by atoms with Crippen LogP contribution in [0, 0.1) is 0 Å². The van der Waals surface area contributed by atoms with Gasteiger partial charge in [-0.05, 0) is 23.6 Å². The molecular weight excluding hydrogens is 240 g/mol. The van der Waals surface area contributed by atoms with Crippen LogP contribution in [0.4, 0.5) is 0 Å². The third kappa shape index (κ3) is 3.22. The number of carbonyl (C=O) groups is 1. The molecule has 4 heteroatoms. The third-order valence-electron chi connectivity index (χ3n) is 3.05. The van der Waals surface area contributed by atoms with Gasteiger partial charge >= 0.3 is 5.97 Å². The van der Waals surface area contributed by atoms with E-state index in [-0.39, 0.29) is 6.42 Å². The Balaban J connectivity index is 2.25. The molecule has 0 fully saturated rings. The second kappa shape index (κ2) is 5.69. The van der Waals surface area contributed by atoms with E-state index in [0.29, 0.717) is 5.69 Å². The molecule has 0 bridgehead atoms. The van der Waals surface area contributed by atoms with Crippen LogP contribution in [0.15, 0.2) is 30.3 Å². The lowest BCUT2D eigenvalue weighted by atomic mass is 10.1. The van der Waals surface area contributed by atoms with E-state index in [4.69, 9.17) is 5.11 Å². The smallest absolute Gasteiger partial charge is 0.309 e. The monoisotopic (exact) mass is 258 g/mol. The molecule has 1 aromatic heterocycles. The highest BCUT2D eigenvalue weighted by Crippen LogP contribution is 2.21. The standard InChI is InChI=1S/C15H18N2O2/c1-3-4-11-5-7-12(8-6-11)14-9-13(10-15(18)19)16-17(14)2/h5-9H,3-4,10H2,1-2H3,(H,18,19). The van der Waals surface area contributed by atoms with E-state index in [1.165, 1.54) is 5.56 Å². The van der Waals surface area contributed by atoms with E-state index in [0.717, 1.165) is 24.1 Å². The lowest BCUT2D eigenvalue weighted by molar-refractivity contribution is -0.136. The molecule has 1 aromatic carbocycles. The summed E-state index contributed by atoms with van der Waals surface area (Å²) in [6, 6.07) is 10.2. The Morgan fingerprint density at radius 2 is 2.00 bits per heavy atom. The van der Waals surface area contributed by atoms with Crippen molar-refractivity contribution < 1.29 is 9.90 Å². The van der Waals surface area contributed by atoms with Crippen molar-refractivity contribution >= 4 is 5.97 Å². The van der Waals surface area contributed by atoms with Gasteiger partial charge in [-0.15, -0.1) is 0 Å². The zero-order valence-corrected chi connectivity index (χ0v) is 11.3. The summed E-state index contributed by atoms with van der Waals surface area (Å²) in [5.41, 5.74) is 3.91. The average molecular weight is 258 g/mol. The number of carboxylic acids is 1. The van der Waals surface area contributed by atoms with Gasteiger partial charge in [0.2, 0.25) is 0 Å². The topological polar surface area (TPSA) is 55.1 Å². The number of aliphatic carboxylic acids is 1. The van der Waals surface area contributed by atoms with E-state index in [2.05, 4.69) is 36.3 Å². The minimum Gasteiger partial charge on any atom is -0.481 e. The molecular formula is C15H18N2O2. The molecule has 2 rings (SSSR count). The number of nitrogens with zero attached hydrogens (tertiary/aromatic N) is 2. The fourth-order valence-corrected chi connectivity index (χ4v) is 2.17. The minimum atomic E-state index is -0.858. The predicted molar refractivity (Wildman–Crippen MR) is 74.0 cm³/mol. The minimum absolute atomic E-state index is 0.0399. The van der Waals surface area contributed by atoms with Crippen LogP contribution >= 0.6 is 0 Å². The van der Waals surface area contributed by atoms with Crippen molar-refractivity contribution in [3.63, 3.8) is 0 Å². The summed E-state index contributed by atoms with van der Waals surface area (Å²) in [6.07, 6.45) is 2.17. The van der Waals surface area contributed by atoms with E-state index < -0.39 is 5.97 Å². The molecule has 0 aliphatic rings. The van der Waals surface area contributed by atoms with Gasteiger partial charge in [-0.25, -0.2) is 0 Å². The van der Waals surface area contributed by atoms with Crippen LogP contribution in [-0.2, 0) is 24.7 Å². The summed E-state index contributed by atoms with van der Waals surface area (Å²) in [6.45, 7) is 2.16. The average Bonchev–Trinajstić information content (AvgIpc) is 2.71. The third-order valence-corrected chi connectivity index (χ3v) is 3.05. The molecule has 0 radical (unpaired) electrons. The quantitative estimate of drug-likeness (QED) is 0.897. The largest absolute Gasteiger partial charge is 0.481 e. The van der Waals surface area contributed by atoms with E-state index in [1.807, 2.05) is 13.1 Å². The van der Waals surface area contributed by atoms with Gasteiger partial charge < -0.3 is 5.11 Å². The van der Waals surface area contributed by atoms with Crippen molar-refractivity contribution in [3.8, 4) is 11.3 Å². The summed E-state index contributed by atoms with van der Waals surface area (Å²) in [7, 11) is 1.83. The zero-order chi connectivity index (χ0) is 13.8. The van der Waals surface area contributed by atoms with Crippen molar-refractivity contribution in [2.45, 2.75) is 26.2 Å². The molecule has 0 amide bonds. The molecule has 1 N–H and O–H groups in total. The second-order valence-corrected chi connectivity index (χ2v) is 4.66. The van der Waals surface area contributed by atoms with Gasteiger partial charge in [-0.3, -0.25) is 9.48 Å². The molecule has 0 aliphatic heterocycles. The molecule has 100 valence electrons. The summed E-state index contributed by atoms with van der Waals surface area (Å²) in [4.78, 5) is 10.7. The maximum Gasteiger partial charge on any atom is 0.309 e. The molecule has 0 unspecified atom stereocenters. The van der Waals surface area contributed by atoms with Crippen LogP contribution in [0.25, 0.3) is 11.3 Å². The molecule has 0 saturated heterocycles. The van der Waals surface area contributed by atoms with Crippen LogP contribution in [0.1, 0.15) is 24.6 Å². The van der Waals surface area contributed by atoms with Crippen molar-refractivity contribution in [1.29, 1.82) is 0 Å². The first-order valence-electron chi connectivity index (χ1n) is 6.44. The lowest BCUT2D eigenvalue weighted by Gasteiger charge is -2.03. The summed E-state index contributed by atoms with van der Waals surface area (Å²) >= 11 is 0. The highest BCUT2D eigenvalue weighted by Gasteiger charge is 2.10. The van der Waals surface area contributed by atoms with Crippen molar-refractivity contribution in [2.75, 3.05) is 0 Å². The molecule has 4 nitrogen and oxygen atoms in total. The predicted octanol–water partition coefficient (Wildman–Crippen LogP) is 2.67. The normalized spacial score (nSPS) is 10.6. The molecule has 0 spiro atoms. The van der Waals surface area contributed by atoms with E-state index >= 15 is 0 Å². The van der Waals surface area contributed by atoms with Crippen molar-refractivity contribution in [2.24, 2.45) is 7.05 Å². The number of carboxylic acid groups (broad SMARTS) is 1. The fourth-order valence-electron chi connectivity index (χ4n) is 2.17. The van der Waals surface area contributed by atoms with Crippen LogP contribution in [0.3, 0.4) is 0 Å². The Morgan fingerprint density at radius 1 is 1.32 bits per heavy atom. The van der Waals surface area contributed by atoms with Gasteiger partial charge in [-0.1, -0.05) is 37.6 Å². The van der Waals surface area contributed by atoms with Crippen LogP contribution in [0.5, 0.6) is 0 Å². The SMILES string of the molecule is CCCc1ccc(-c2cc(CC(=O)O)nn2C)cc1. The fraction of sp³-hybridized carbons (Fsp3) is 0.333. The van der Waals surface area contributed by atoms with Gasteiger partial charge in [0.25, 0.3) is 0 Å². The zero-order valence-electron chi connectivity index (χ0n) is 11.3. The highest BCUT2D eigenvalue weighted by molar-refractivity contribution is 5.70. The van der Waals surface area contributed by atoms with Gasteiger partial charge in [0.15, 0.2) is 0 Å². The number of aryl methyl sites for hydroxylation is 2. The molecule has 1 heterocycles. The summed E-state index contributed by atoms with van der Waals surface area (Å²) in [5, 5.41) is 13.0. The molecule has 0 aliphatic carbocycles. The van der Waals surface area contributed by atoms with Crippen LogP contribution in [-0.4, -0.2) is 20.9 Å². The number of rotatable bonds is 5. The maximum absolute atomic E-state index is 10.7. The Bertz CT molecular complexity index is 570. The molecule has 0 saturated carbocycles. The number of benzene rings is 1. The Labute approximate surface area is 112 Å². The Kier molecular flexibility index (Phi) is 4.00. The van der Waals surface area contributed by atoms with Crippen LogP contribution < -0.4 is 0 Å². The first kappa shape index (κ1) is 13.3. The van der Waals surface area contributed by atoms with Crippen molar-refractivity contribution in [1.82, 2.24) is 9.78 Å². The van der Waals surface area contributed by atoms with Gasteiger partial charge in [0, 0.05) is 7.05 Å². The first-order chi connectivity index (χ1) is 9.10. The maximum atomic E-state index is 10.7.